The minimum Gasteiger partial charge on any atom is -0.457 e. The van der Waals surface area contributed by atoms with Crippen molar-refractivity contribution >= 4 is 45.7 Å². The van der Waals surface area contributed by atoms with E-state index in [1.54, 1.807) is 0 Å². The second-order valence-corrected chi connectivity index (χ2v) is 10.4. The van der Waals surface area contributed by atoms with Crippen molar-refractivity contribution in [3.05, 3.63) is 0 Å². The first kappa shape index (κ1) is 17.4. The Morgan fingerprint density at radius 1 is 1.12 bits per heavy atom. The summed E-state index contributed by atoms with van der Waals surface area (Å²) in [5, 5.41) is 0. The molecule has 0 bridgehead atoms. The molecule has 0 unspecified atom stereocenters. The summed E-state index contributed by atoms with van der Waals surface area (Å²) in [6, 6.07) is 0. The third-order valence-electron chi connectivity index (χ3n) is 1.36. The van der Waals surface area contributed by atoms with Crippen LogP contribution in [0, 0.1) is 0 Å². The number of ether oxygens (including phenoxy) is 2. The monoisotopic (exact) mass is 336 g/mol. The van der Waals surface area contributed by atoms with Crippen molar-refractivity contribution in [2.45, 2.75) is 12.6 Å². The van der Waals surface area contributed by atoms with Gasteiger partial charge in [-0.05, 0) is 46.1 Å². The first-order valence-corrected chi connectivity index (χ1v) is 8.62. The van der Waals surface area contributed by atoms with E-state index in [-0.39, 0.29) is 13.2 Å². The molecule has 17 heavy (non-hydrogen) atoms. The van der Waals surface area contributed by atoms with Gasteiger partial charge in [0.05, 0.1) is 6.61 Å². The summed E-state index contributed by atoms with van der Waals surface area (Å²) in [4.78, 5) is 10.2. The molecule has 0 saturated heterocycles. The number of esters is 1. The van der Waals surface area contributed by atoms with Gasteiger partial charge in [-0.2, -0.15) is 13.2 Å². The molecule has 0 aromatic carbocycles. The van der Waals surface area contributed by atoms with Crippen LogP contribution in [0.1, 0.15) is 6.42 Å². The van der Waals surface area contributed by atoms with Gasteiger partial charge in [0.25, 0.3) is 0 Å². The second kappa shape index (κ2) is 7.78. The quantitative estimate of drug-likeness (QED) is 0.524. The summed E-state index contributed by atoms with van der Waals surface area (Å²) < 4.78 is 43.7. The number of carbonyl (C=O) groups excluding carboxylic acids is 1. The Morgan fingerprint density at radius 3 is 2.18 bits per heavy atom. The number of halogens is 6. The maximum Gasteiger partial charge on any atom is 0.490 e. The van der Waals surface area contributed by atoms with Crippen LogP contribution >= 0.6 is 39.7 Å². The van der Waals surface area contributed by atoms with E-state index < -0.39 is 26.4 Å². The molecule has 0 aromatic heterocycles. The maximum absolute atomic E-state index is 11.7. The number of hydrogen-bond acceptors (Lipinski definition) is 3. The molecule has 0 aliphatic rings. The van der Waals surface area contributed by atoms with Crippen LogP contribution in [-0.4, -0.2) is 37.7 Å². The summed E-state index contributed by atoms with van der Waals surface area (Å²) >= 11 is 0. The standard InChI is InChI=1S/C7H10Cl3F3O3S/c8-17(9,10)5-1-2-15-3-4-16-6(14)7(11,12)13/h1-5H2. The van der Waals surface area contributed by atoms with Gasteiger partial charge in [0.1, 0.15) is 6.61 Å². The molecule has 0 fully saturated rings. The van der Waals surface area contributed by atoms with Gasteiger partial charge in [0.15, 0.2) is 0 Å². The molecule has 0 amide bonds. The molecule has 0 aliphatic carbocycles. The van der Waals surface area contributed by atoms with Gasteiger partial charge >= 0.3 is 12.1 Å². The lowest BCUT2D eigenvalue weighted by molar-refractivity contribution is -0.200. The predicted octanol–water partition coefficient (Wildman–Crippen LogP) is 3.76. The second-order valence-electron chi connectivity index (χ2n) is 2.81. The zero-order chi connectivity index (χ0) is 13.5. The number of carbonyl (C=O) groups is 1. The molecular formula is C7H10Cl3F3O3S. The Labute approximate surface area is 111 Å². The number of hydrogen-bond donors (Lipinski definition) is 0. The summed E-state index contributed by atoms with van der Waals surface area (Å²) in [6.45, 7) is -0.361. The van der Waals surface area contributed by atoms with Crippen molar-refractivity contribution in [1.29, 1.82) is 0 Å². The minimum atomic E-state index is -4.97. The predicted molar refractivity (Wildman–Crippen MR) is 62.5 cm³/mol. The highest BCUT2D eigenvalue weighted by molar-refractivity contribution is 8.79. The molecule has 0 spiro atoms. The van der Waals surface area contributed by atoms with Gasteiger partial charge in [-0.1, -0.05) is 0 Å². The van der Waals surface area contributed by atoms with E-state index in [0.717, 1.165) is 0 Å². The van der Waals surface area contributed by atoms with Crippen LogP contribution in [0.15, 0.2) is 0 Å². The Morgan fingerprint density at radius 2 is 1.71 bits per heavy atom. The Kier molecular flexibility index (Phi) is 7.98. The lowest BCUT2D eigenvalue weighted by Gasteiger charge is -2.14. The fourth-order valence-corrected chi connectivity index (χ4v) is 2.13. The lowest BCUT2D eigenvalue weighted by Crippen LogP contribution is -2.26. The molecule has 0 rings (SSSR count). The molecule has 0 atom stereocenters. The largest absolute Gasteiger partial charge is 0.490 e. The molecule has 10 heteroatoms. The van der Waals surface area contributed by atoms with Crippen LogP contribution in [0.4, 0.5) is 13.2 Å². The van der Waals surface area contributed by atoms with E-state index in [9.17, 15) is 18.0 Å². The minimum absolute atomic E-state index is 0.128. The average molecular weight is 338 g/mol. The van der Waals surface area contributed by atoms with Crippen molar-refractivity contribution in [3.63, 3.8) is 0 Å². The maximum atomic E-state index is 11.7. The van der Waals surface area contributed by atoms with E-state index >= 15 is 0 Å². The normalized spacial score (nSPS) is 13.5. The highest BCUT2D eigenvalue weighted by atomic mass is 36.2. The Bertz CT molecular complexity index is 245. The van der Waals surface area contributed by atoms with Gasteiger partial charge < -0.3 is 9.47 Å². The third-order valence-corrected chi connectivity index (χ3v) is 3.50. The third kappa shape index (κ3) is 11.3. The van der Waals surface area contributed by atoms with Crippen LogP contribution in [0.5, 0.6) is 0 Å². The summed E-state index contributed by atoms with van der Waals surface area (Å²) in [5.74, 6) is -1.88. The molecule has 0 radical (unpaired) electrons. The van der Waals surface area contributed by atoms with Gasteiger partial charge in [-0.3, -0.25) is 0 Å². The zero-order valence-electron chi connectivity index (χ0n) is 8.44. The van der Waals surface area contributed by atoms with E-state index in [1.807, 2.05) is 0 Å². The molecule has 3 nitrogen and oxygen atoms in total. The van der Waals surface area contributed by atoms with Crippen LogP contribution in [0.25, 0.3) is 0 Å². The van der Waals surface area contributed by atoms with E-state index in [0.29, 0.717) is 12.2 Å². The number of alkyl halides is 3. The van der Waals surface area contributed by atoms with Crippen molar-refractivity contribution in [3.8, 4) is 0 Å². The topological polar surface area (TPSA) is 35.5 Å². The van der Waals surface area contributed by atoms with Crippen molar-refractivity contribution in [2.24, 2.45) is 0 Å². The molecule has 0 heterocycles. The van der Waals surface area contributed by atoms with Crippen LogP contribution in [-0.2, 0) is 14.3 Å². The van der Waals surface area contributed by atoms with Gasteiger partial charge in [-0.25, -0.2) is 4.79 Å². The van der Waals surface area contributed by atoms with E-state index in [4.69, 9.17) is 36.8 Å². The van der Waals surface area contributed by atoms with Crippen LogP contribution in [0.3, 0.4) is 0 Å². The smallest absolute Gasteiger partial charge is 0.457 e. The SMILES string of the molecule is O=C(OCCOCCCS(Cl)(Cl)Cl)C(F)(F)F. The van der Waals surface area contributed by atoms with Gasteiger partial charge in [0, 0.05) is 12.4 Å². The first-order valence-electron chi connectivity index (χ1n) is 4.34. The molecule has 0 N–H and O–H groups in total. The molecule has 0 saturated carbocycles. The molecule has 104 valence electrons. The lowest BCUT2D eigenvalue weighted by atomic mass is 10.5. The van der Waals surface area contributed by atoms with E-state index in [1.165, 1.54) is 0 Å². The first-order chi connectivity index (χ1) is 7.63. The average Bonchev–Trinajstić information content (AvgIpc) is 2.12. The van der Waals surface area contributed by atoms with E-state index in [2.05, 4.69) is 4.74 Å². The molecular weight excluding hydrogens is 327 g/mol. The number of rotatable bonds is 7. The van der Waals surface area contributed by atoms with Crippen molar-refractivity contribution in [2.75, 3.05) is 25.6 Å². The highest BCUT2D eigenvalue weighted by Crippen LogP contribution is 2.63. The van der Waals surface area contributed by atoms with Crippen molar-refractivity contribution in [1.82, 2.24) is 0 Å². The molecule has 0 aromatic rings. The summed E-state index contributed by atoms with van der Waals surface area (Å²) in [7, 11) is 14.4. The summed E-state index contributed by atoms with van der Waals surface area (Å²) in [6.07, 6.45) is -4.50. The van der Waals surface area contributed by atoms with Gasteiger partial charge in [-0.15, -0.1) is 0 Å². The summed E-state index contributed by atoms with van der Waals surface area (Å²) in [5.41, 5.74) is 0. The molecule has 0 aliphatic heterocycles. The fourth-order valence-electron chi connectivity index (χ4n) is 0.702. The zero-order valence-corrected chi connectivity index (χ0v) is 11.5. The highest BCUT2D eigenvalue weighted by Gasteiger charge is 2.40. The van der Waals surface area contributed by atoms with Gasteiger partial charge in [0.2, 0.25) is 0 Å². The Hall–Kier alpha value is 0.440. The van der Waals surface area contributed by atoms with Crippen LogP contribution < -0.4 is 0 Å². The van der Waals surface area contributed by atoms with Crippen LogP contribution in [0.2, 0.25) is 0 Å². The fraction of sp³-hybridized carbons (Fsp3) is 0.857. The Balaban J connectivity index is 3.39. The van der Waals surface area contributed by atoms with Crippen molar-refractivity contribution < 1.29 is 27.4 Å².